The zero-order valence-corrected chi connectivity index (χ0v) is 34.1. The number of benzene rings is 4. The highest BCUT2D eigenvalue weighted by atomic mass is 35.5. The van der Waals surface area contributed by atoms with E-state index in [1.807, 2.05) is 106 Å². The van der Waals surface area contributed by atoms with Crippen molar-refractivity contribution < 1.29 is 37.0 Å². The number of para-hydroxylation sites is 1. The number of esters is 2. The summed E-state index contributed by atoms with van der Waals surface area (Å²) in [7, 11) is 0. The molecule has 57 heavy (non-hydrogen) atoms. The van der Waals surface area contributed by atoms with Gasteiger partial charge in [-0.25, -0.2) is 0 Å². The van der Waals surface area contributed by atoms with E-state index in [-0.39, 0.29) is 28.3 Å². The number of hydrogen-bond acceptors (Lipinski definition) is 6. The molecule has 2 aliphatic rings. The van der Waals surface area contributed by atoms with Gasteiger partial charge in [-0.05, 0) is 82.2 Å². The second-order valence-corrected chi connectivity index (χ2v) is 16.5. The van der Waals surface area contributed by atoms with Crippen molar-refractivity contribution >= 4 is 46.7 Å². The molecule has 6 nitrogen and oxygen atoms in total. The van der Waals surface area contributed by atoms with Crippen LogP contribution in [0.15, 0.2) is 125 Å². The van der Waals surface area contributed by atoms with Gasteiger partial charge in [0.05, 0.1) is 11.8 Å². The Bertz CT molecular complexity index is 2180. The molecule has 0 aliphatic heterocycles. The van der Waals surface area contributed by atoms with E-state index >= 15 is 0 Å². The summed E-state index contributed by atoms with van der Waals surface area (Å²) in [4.78, 5) is 25.1. The van der Waals surface area contributed by atoms with Gasteiger partial charge in [0.1, 0.15) is 33.7 Å². The number of allylic oxidation sites excluding steroid dienone is 3. The van der Waals surface area contributed by atoms with Crippen LogP contribution in [0.4, 0.5) is 13.2 Å². The van der Waals surface area contributed by atoms with E-state index in [0.29, 0.717) is 17.1 Å². The van der Waals surface area contributed by atoms with Crippen LogP contribution in [0.5, 0.6) is 11.5 Å². The third-order valence-electron chi connectivity index (χ3n) is 10.6. The van der Waals surface area contributed by atoms with Gasteiger partial charge in [0, 0.05) is 5.56 Å². The SMILES string of the molecule is CC1(C)C(C=C(Cl)Cl)C1C(=O)O[C@H](C#N)c1cccc(Oc2ccccc2)c1.Cc1c(COC(=O)[C@H]2[C@@H](/C=C(\Cl)C(F)(F)F)C2(C)C)cccc1-c1ccccc1. The molecule has 0 radical (unpaired) electrons. The van der Waals surface area contributed by atoms with Crippen LogP contribution in [0, 0.1) is 52.8 Å². The maximum atomic E-state index is 12.7. The number of ether oxygens (including phenoxy) is 3. The molecule has 0 bridgehead atoms. The number of nitriles is 1. The van der Waals surface area contributed by atoms with E-state index in [0.717, 1.165) is 28.3 Å². The predicted molar refractivity (Wildman–Crippen MR) is 215 cm³/mol. The number of nitrogens with zero attached hydrogens (tertiary/aromatic N) is 1. The van der Waals surface area contributed by atoms with Crippen LogP contribution in [-0.4, -0.2) is 18.1 Å². The molecule has 4 aromatic rings. The average Bonchev–Trinajstić information content (AvgIpc) is 3.93. The minimum Gasteiger partial charge on any atom is -0.461 e. The second-order valence-electron chi connectivity index (χ2n) is 15.1. The molecule has 2 fully saturated rings. The van der Waals surface area contributed by atoms with Crippen LogP contribution >= 0.6 is 34.8 Å². The lowest BCUT2D eigenvalue weighted by Gasteiger charge is -2.13. The number of rotatable bonds is 11. The highest BCUT2D eigenvalue weighted by Gasteiger charge is 2.63. The van der Waals surface area contributed by atoms with Crippen molar-refractivity contribution in [3.05, 3.63) is 141 Å². The Kier molecular flexibility index (Phi) is 13.5. The summed E-state index contributed by atoms with van der Waals surface area (Å²) < 4.78 is 54.9. The summed E-state index contributed by atoms with van der Waals surface area (Å²) in [6.45, 7) is 9.38. The summed E-state index contributed by atoms with van der Waals surface area (Å²) >= 11 is 16.8. The van der Waals surface area contributed by atoms with Crippen LogP contribution in [0.2, 0.25) is 0 Å². The van der Waals surface area contributed by atoms with Gasteiger partial charge in [-0.15, -0.1) is 0 Å². The highest BCUT2D eigenvalue weighted by Crippen LogP contribution is 2.61. The Morgan fingerprint density at radius 1 is 0.789 bits per heavy atom. The third-order valence-corrected chi connectivity index (χ3v) is 11.2. The zero-order chi connectivity index (χ0) is 41.7. The van der Waals surface area contributed by atoms with E-state index in [2.05, 4.69) is 0 Å². The molecule has 6 rings (SSSR count). The van der Waals surface area contributed by atoms with Gasteiger partial charge in [-0.2, -0.15) is 18.4 Å². The quantitative estimate of drug-likeness (QED) is 0.140. The van der Waals surface area contributed by atoms with E-state index in [4.69, 9.17) is 49.0 Å². The van der Waals surface area contributed by atoms with E-state index in [9.17, 15) is 28.0 Å². The maximum Gasteiger partial charge on any atom is 0.426 e. The summed E-state index contributed by atoms with van der Waals surface area (Å²) in [6.07, 6.45) is -3.07. The van der Waals surface area contributed by atoms with E-state index in [1.165, 1.54) is 0 Å². The molecule has 2 aliphatic carbocycles. The summed E-state index contributed by atoms with van der Waals surface area (Å²) in [5.74, 6) is -1.46. The lowest BCUT2D eigenvalue weighted by atomic mass is 9.97. The Morgan fingerprint density at radius 2 is 1.35 bits per heavy atom. The fourth-order valence-corrected chi connectivity index (χ4v) is 7.41. The van der Waals surface area contributed by atoms with Gasteiger partial charge >= 0.3 is 18.1 Å². The van der Waals surface area contributed by atoms with Gasteiger partial charge < -0.3 is 14.2 Å². The zero-order valence-electron chi connectivity index (χ0n) is 31.8. The van der Waals surface area contributed by atoms with Crippen molar-refractivity contribution in [3.8, 4) is 28.7 Å². The number of carbonyl (C=O) groups excluding carboxylic acids is 2. The van der Waals surface area contributed by atoms with Crippen molar-refractivity contribution in [1.29, 1.82) is 5.26 Å². The highest BCUT2D eigenvalue weighted by molar-refractivity contribution is 6.55. The molecule has 0 heterocycles. The number of halogens is 6. The van der Waals surface area contributed by atoms with Gasteiger partial charge in [0.15, 0.2) is 0 Å². The van der Waals surface area contributed by atoms with Crippen molar-refractivity contribution in [3.63, 3.8) is 0 Å². The average molecular weight is 839 g/mol. The van der Waals surface area contributed by atoms with Gasteiger partial charge in [-0.1, -0.05) is 147 Å². The predicted octanol–water partition coefficient (Wildman–Crippen LogP) is 12.8. The van der Waals surface area contributed by atoms with Gasteiger partial charge in [0.25, 0.3) is 0 Å². The fourth-order valence-electron chi connectivity index (χ4n) is 7.00. The Hall–Kier alpha value is -4.75. The molecule has 12 heteroatoms. The number of alkyl halides is 3. The first kappa shape index (κ1) is 43.4. The Balaban J connectivity index is 0.000000218. The molecule has 0 spiro atoms. The molecule has 0 saturated heterocycles. The van der Waals surface area contributed by atoms with Gasteiger partial charge in [0.2, 0.25) is 6.10 Å². The maximum absolute atomic E-state index is 12.7. The molecule has 0 aromatic heterocycles. The van der Waals surface area contributed by atoms with Crippen molar-refractivity contribution in [1.82, 2.24) is 0 Å². The summed E-state index contributed by atoms with van der Waals surface area (Å²) in [6, 6.07) is 33.9. The minimum absolute atomic E-state index is 0.0708. The summed E-state index contributed by atoms with van der Waals surface area (Å²) in [5.41, 5.74) is 3.58. The largest absolute Gasteiger partial charge is 0.461 e. The lowest BCUT2D eigenvalue weighted by Crippen LogP contribution is -2.14. The van der Waals surface area contributed by atoms with Crippen molar-refractivity contribution in [2.45, 2.75) is 53.5 Å². The van der Waals surface area contributed by atoms with Crippen LogP contribution in [0.25, 0.3) is 11.1 Å². The molecule has 0 amide bonds. The van der Waals surface area contributed by atoms with Crippen molar-refractivity contribution in [2.24, 2.45) is 34.5 Å². The minimum atomic E-state index is -4.61. The number of carbonyl (C=O) groups is 2. The topological polar surface area (TPSA) is 85.6 Å². The number of hydrogen-bond donors (Lipinski definition) is 0. The smallest absolute Gasteiger partial charge is 0.426 e. The first-order chi connectivity index (χ1) is 26.9. The fraction of sp³-hybridized carbons (Fsp3) is 0.311. The molecule has 0 N–H and O–H groups in total. The Labute approximate surface area is 345 Å². The lowest BCUT2D eigenvalue weighted by molar-refractivity contribution is -0.149. The van der Waals surface area contributed by atoms with Crippen LogP contribution < -0.4 is 4.74 Å². The van der Waals surface area contributed by atoms with Crippen LogP contribution in [0.1, 0.15) is 50.5 Å². The molecule has 5 atom stereocenters. The molecule has 4 aromatic carbocycles. The van der Waals surface area contributed by atoms with Gasteiger partial charge in [-0.3, -0.25) is 9.59 Å². The second kappa shape index (κ2) is 17.8. The first-order valence-corrected chi connectivity index (χ1v) is 19.2. The normalized spacial score (nSPS) is 20.7. The monoisotopic (exact) mass is 837 g/mol. The van der Waals surface area contributed by atoms with Crippen LogP contribution in [0.3, 0.4) is 0 Å². The van der Waals surface area contributed by atoms with Crippen molar-refractivity contribution in [2.75, 3.05) is 0 Å². The first-order valence-electron chi connectivity index (χ1n) is 18.1. The Morgan fingerprint density at radius 3 is 1.95 bits per heavy atom. The van der Waals surface area contributed by atoms with Crippen LogP contribution in [-0.2, 0) is 25.7 Å². The molecular formula is C45H41Cl3F3NO5. The standard InChI is InChI=1S/C23H22ClF3O2.C22H19Cl2NO3/c1-14-16(10-7-11-17(14)15-8-5-4-6-9-15)13-29-21(28)20-18(22(20,2)3)12-19(24)23(25,26)27;1-22(2)17(12-19(23)24)20(22)21(26)28-18(13-25)14-7-6-10-16(11-14)27-15-8-4-3-5-9-15/h4-12,18,20H,13H2,1-3H3;3-12,17-18,20H,1-2H3/b19-12-;/t18-,20-;17?,18-,20?/m11/s1. The molecule has 298 valence electrons. The molecule has 2 saturated carbocycles. The summed E-state index contributed by atoms with van der Waals surface area (Å²) in [5, 5.41) is 8.33. The van der Waals surface area contributed by atoms with E-state index < -0.39 is 46.5 Å². The third kappa shape index (κ3) is 10.6. The molecule has 2 unspecified atom stereocenters. The van der Waals surface area contributed by atoms with E-state index in [1.54, 1.807) is 44.2 Å². The molecular weight excluding hydrogens is 798 g/mol.